The van der Waals surface area contributed by atoms with E-state index in [-0.39, 0.29) is 0 Å². The highest BCUT2D eigenvalue weighted by Crippen LogP contribution is 2.60. The third kappa shape index (κ3) is 4.92. The van der Waals surface area contributed by atoms with Crippen LogP contribution < -0.4 is 0 Å². The summed E-state index contributed by atoms with van der Waals surface area (Å²) in [6, 6.07) is 22.5. The Morgan fingerprint density at radius 1 is 0.884 bits per heavy atom. The molecular formula is C39H38S4. The lowest BCUT2D eigenvalue weighted by Gasteiger charge is -2.28. The fraction of sp³-hybridized carbons (Fsp3) is 0.282. The number of rotatable bonds is 1. The third-order valence-electron chi connectivity index (χ3n) is 8.92. The largest absolute Gasteiger partial charge is 0.183 e. The molecule has 5 aromatic rings. The van der Waals surface area contributed by atoms with Gasteiger partial charge in [0.05, 0.1) is 0 Å². The number of benzene rings is 4. The monoisotopic (exact) mass is 634 g/mol. The van der Waals surface area contributed by atoms with Crippen LogP contribution >= 0.6 is 43.2 Å². The molecule has 1 saturated heterocycles. The molecule has 1 aromatic heterocycles. The number of hydrogen-bond acceptors (Lipinski definition) is 2. The van der Waals surface area contributed by atoms with Crippen LogP contribution in [-0.2, 0) is 0 Å². The van der Waals surface area contributed by atoms with Gasteiger partial charge >= 0.3 is 0 Å². The number of thiophene rings is 1. The summed E-state index contributed by atoms with van der Waals surface area (Å²) >= 11 is 3.94. The number of thioether (sulfide) groups is 1. The van der Waals surface area contributed by atoms with Gasteiger partial charge in [-0.3, -0.25) is 0 Å². The Hall–Kier alpha value is -2.73. The average Bonchev–Trinajstić information content (AvgIpc) is 3.47. The zero-order valence-electron chi connectivity index (χ0n) is 25.8. The molecule has 0 bridgehead atoms. The van der Waals surface area contributed by atoms with Crippen molar-refractivity contribution in [3.05, 3.63) is 94.6 Å². The minimum absolute atomic E-state index is 0.323. The Kier molecular flexibility index (Phi) is 7.43. The van der Waals surface area contributed by atoms with E-state index in [9.17, 15) is 0 Å². The summed E-state index contributed by atoms with van der Waals surface area (Å²) < 4.78 is 2.70. The van der Waals surface area contributed by atoms with E-state index >= 15 is 0 Å². The van der Waals surface area contributed by atoms with E-state index in [2.05, 4.69) is 121 Å². The van der Waals surface area contributed by atoms with Crippen molar-refractivity contribution in [3.63, 3.8) is 0 Å². The molecule has 4 heteroatoms. The summed E-state index contributed by atoms with van der Waals surface area (Å²) in [6.45, 7) is 6.28. The van der Waals surface area contributed by atoms with Crippen molar-refractivity contribution in [2.24, 2.45) is 0 Å². The summed E-state index contributed by atoms with van der Waals surface area (Å²) in [5, 5.41) is 13.2. The maximum absolute atomic E-state index is 3.86. The topological polar surface area (TPSA) is 0 Å². The lowest BCUT2D eigenvalue weighted by Crippen LogP contribution is -2.11. The number of fused-ring (bicyclic) bond motifs is 10. The first-order valence-electron chi connectivity index (χ1n) is 15.2. The highest BCUT2D eigenvalue weighted by molar-refractivity contribution is 8.42. The van der Waals surface area contributed by atoms with E-state index < -0.39 is 20.1 Å². The summed E-state index contributed by atoms with van der Waals surface area (Å²) in [4.78, 5) is 1.40. The summed E-state index contributed by atoms with van der Waals surface area (Å²) in [6.07, 6.45) is 12.0. The predicted octanol–water partition coefficient (Wildman–Crippen LogP) is 11.3. The normalized spacial score (nSPS) is 20.0. The Labute approximate surface area is 268 Å². The molecule has 0 radical (unpaired) electrons. The van der Waals surface area contributed by atoms with E-state index in [4.69, 9.17) is 0 Å². The molecule has 0 N–H and O–H groups in total. The SMILES string of the molecule is CC.CCS(C)(C)C#Cc1c2c(c(C#CS3(C)CC3)c3c1ccc1c4ccccc4sc13)C=CC1c3ccccc3SC21. The van der Waals surface area contributed by atoms with E-state index in [1.54, 1.807) is 0 Å². The van der Waals surface area contributed by atoms with E-state index in [1.807, 2.05) is 36.9 Å². The zero-order valence-corrected chi connectivity index (χ0v) is 29.1. The average molecular weight is 635 g/mol. The maximum atomic E-state index is 3.86. The van der Waals surface area contributed by atoms with Gasteiger partial charge in [0.2, 0.25) is 0 Å². The second-order valence-electron chi connectivity index (χ2n) is 12.0. The lowest BCUT2D eigenvalue weighted by atomic mass is 9.79. The fourth-order valence-corrected chi connectivity index (χ4v) is 10.9. The van der Waals surface area contributed by atoms with Gasteiger partial charge in [0.15, 0.2) is 0 Å². The smallest absolute Gasteiger partial charge is 0.0467 e. The molecule has 3 aliphatic rings. The highest BCUT2D eigenvalue weighted by Gasteiger charge is 2.39. The molecule has 0 saturated carbocycles. The molecule has 0 amide bonds. The van der Waals surface area contributed by atoms with Gasteiger partial charge in [0, 0.05) is 58.1 Å². The quantitative estimate of drug-likeness (QED) is 0.131. The van der Waals surface area contributed by atoms with E-state index in [1.165, 1.54) is 75.2 Å². The van der Waals surface area contributed by atoms with Crippen molar-refractivity contribution in [2.45, 2.75) is 36.8 Å². The second-order valence-corrected chi connectivity index (χ2v) is 21.6. The van der Waals surface area contributed by atoms with Crippen LogP contribution in [0.2, 0.25) is 0 Å². The highest BCUT2D eigenvalue weighted by atomic mass is 32.3. The van der Waals surface area contributed by atoms with Crippen LogP contribution in [0.25, 0.3) is 37.0 Å². The first kappa shape index (κ1) is 29.0. The van der Waals surface area contributed by atoms with Crippen molar-refractivity contribution >= 4 is 80.2 Å². The van der Waals surface area contributed by atoms with Crippen LogP contribution in [-0.4, -0.2) is 36.0 Å². The van der Waals surface area contributed by atoms with Gasteiger partial charge in [-0.2, -0.15) is 20.1 Å². The fourth-order valence-electron chi connectivity index (χ4n) is 6.07. The molecule has 3 heterocycles. The molecular weight excluding hydrogens is 597 g/mol. The maximum Gasteiger partial charge on any atom is 0.0467 e. The van der Waals surface area contributed by atoms with Crippen molar-refractivity contribution in [2.75, 3.05) is 36.0 Å². The standard InChI is InChI=1S/C37H32S4.C2H6/c1-5-40(2,3)20-18-28-26-14-16-31-25-11-7-9-13-33(25)39-37(31)35(26)29(19-21-41(4)22-23-41)27-15-17-30-24-10-6-8-12-32(24)38-36(30)34(27)28;1-2/h6-17,30,36H,5,22-23H2,1-4H3;1-2H3. The first-order valence-corrected chi connectivity index (χ1v) is 21.9. The van der Waals surface area contributed by atoms with Crippen LogP contribution in [0.4, 0.5) is 0 Å². The molecule has 1 aliphatic carbocycles. The van der Waals surface area contributed by atoms with Gasteiger partial charge in [0.1, 0.15) is 0 Å². The predicted molar refractivity (Wildman–Crippen MR) is 202 cm³/mol. The minimum atomic E-state index is -0.991. The Morgan fingerprint density at radius 2 is 1.63 bits per heavy atom. The Balaban J connectivity index is 0.00000147. The van der Waals surface area contributed by atoms with Gasteiger partial charge in [0.25, 0.3) is 0 Å². The van der Waals surface area contributed by atoms with Crippen LogP contribution in [0.5, 0.6) is 0 Å². The molecule has 43 heavy (non-hydrogen) atoms. The van der Waals surface area contributed by atoms with Crippen molar-refractivity contribution in [1.29, 1.82) is 0 Å². The molecule has 218 valence electrons. The molecule has 0 spiro atoms. The third-order valence-corrected chi connectivity index (χ3v) is 15.9. The number of allylic oxidation sites excluding steroid dienone is 1. The lowest BCUT2D eigenvalue weighted by molar-refractivity contribution is 0.817. The van der Waals surface area contributed by atoms with Gasteiger partial charge < -0.3 is 0 Å². The Bertz CT molecular complexity index is 2080. The van der Waals surface area contributed by atoms with Crippen LogP contribution in [0, 0.1) is 22.3 Å². The van der Waals surface area contributed by atoms with Crippen LogP contribution in [0.3, 0.4) is 0 Å². The second kappa shape index (κ2) is 11.0. The Morgan fingerprint density at radius 3 is 2.42 bits per heavy atom. The van der Waals surface area contributed by atoms with Gasteiger partial charge in [-0.15, -0.1) is 23.1 Å². The van der Waals surface area contributed by atoms with E-state index in [0.29, 0.717) is 11.2 Å². The van der Waals surface area contributed by atoms with Crippen molar-refractivity contribution in [3.8, 4) is 22.3 Å². The van der Waals surface area contributed by atoms with Crippen molar-refractivity contribution < 1.29 is 0 Å². The minimum Gasteiger partial charge on any atom is -0.183 e. The van der Waals surface area contributed by atoms with Crippen LogP contribution in [0.1, 0.15) is 59.8 Å². The van der Waals surface area contributed by atoms with Crippen LogP contribution in [0.15, 0.2) is 71.6 Å². The van der Waals surface area contributed by atoms with Gasteiger partial charge in [-0.25, -0.2) is 0 Å². The molecule has 2 aliphatic heterocycles. The summed E-state index contributed by atoms with van der Waals surface area (Å²) in [7, 11) is -1.75. The summed E-state index contributed by atoms with van der Waals surface area (Å²) in [5.74, 6) is 11.8. The first-order chi connectivity index (χ1) is 20.9. The molecule has 0 nitrogen and oxygen atoms in total. The van der Waals surface area contributed by atoms with Gasteiger partial charge in [-0.05, 0) is 75.4 Å². The molecule has 4 aromatic carbocycles. The zero-order chi connectivity index (χ0) is 29.9. The molecule has 8 rings (SSSR count). The summed E-state index contributed by atoms with van der Waals surface area (Å²) in [5.41, 5.74) is 6.63. The molecule has 1 fully saturated rings. The number of hydrogen-bond donors (Lipinski definition) is 0. The van der Waals surface area contributed by atoms with Crippen molar-refractivity contribution in [1.82, 2.24) is 0 Å². The molecule has 2 unspecified atom stereocenters. The molecule has 2 atom stereocenters. The van der Waals surface area contributed by atoms with E-state index in [0.717, 1.165) is 5.75 Å². The van der Waals surface area contributed by atoms with Gasteiger partial charge in [-0.1, -0.05) is 93.3 Å².